The summed E-state index contributed by atoms with van der Waals surface area (Å²) in [6.45, 7) is 6.83. The van der Waals surface area contributed by atoms with Crippen molar-refractivity contribution in [3.05, 3.63) is 41.5 Å². The zero-order chi connectivity index (χ0) is 24.1. The van der Waals surface area contributed by atoms with E-state index in [1.54, 1.807) is 38.4 Å². The van der Waals surface area contributed by atoms with Gasteiger partial charge in [0.05, 0.1) is 44.8 Å². The number of carbonyl (C=O) groups excluding carboxylic acids is 1. The van der Waals surface area contributed by atoms with Crippen LogP contribution < -0.4 is 19.1 Å². The van der Waals surface area contributed by atoms with E-state index in [2.05, 4.69) is 4.90 Å². The first-order chi connectivity index (χ1) is 16.5. The van der Waals surface area contributed by atoms with Crippen molar-refractivity contribution in [3.63, 3.8) is 0 Å². The highest BCUT2D eigenvalue weighted by molar-refractivity contribution is 7.22. The van der Waals surface area contributed by atoms with E-state index >= 15 is 0 Å². The predicted molar refractivity (Wildman–Crippen MR) is 141 cm³/mol. The molecule has 35 heavy (non-hydrogen) atoms. The van der Waals surface area contributed by atoms with E-state index < -0.39 is 0 Å². The smallest absolute Gasteiger partial charge is 0.260 e. The Kier molecular flexibility index (Phi) is 9.56. The summed E-state index contributed by atoms with van der Waals surface area (Å²) in [6, 6.07) is 9.48. The summed E-state index contributed by atoms with van der Waals surface area (Å²) in [6.07, 6.45) is 0.824. The largest absolute Gasteiger partial charge is 0.493 e. The molecule has 0 radical (unpaired) electrons. The number of nitrogens with zero attached hydrogens (tertiary/aromatic N) is 3. The molecule has 4 rings (SSSR count). The minimum atomic E-state index is -0.155. The van der Waals surface area contributed by atoms with E-state index in [1.807, 2.05) is 25.1 Å². The Morgan fingerprint density at radius 2 is 1.80 bits per heavy atom. The van der Waals surface area contributed by atoms with Crippen LogP contribution in [0.2, 0.25) is 0 Å². The number of ether oxygens (including phenoxy) is 4. The van der Waals surface area contributed by atoms with Crippen LogP contribution in [0.4, 0.5) is 5.13 Å². The molecule has 1 aliphatic heterocycles. The van der Waals surface area contributed by atoms with Gasteiger partial charge in [-0.25, -0.2) is 4.98 Å². The second kappa shape index (κ2) is 12.4. The maximum Gasteiger partial charge on any atom is 0.260 e. The number of carbonyl (C=O) groups is 1. The van der Waals surface area contributed by atoms with E-state index in [0.29, 0.717) is 34.5 Å². The molecule has 190 valence electrons. The number of amides is 1. The monoisotopic (exact) mass is 521 g/mol. The number of methoxy groups -OCH3 is 3. The molecule has 1 aliphatic rings. The van der Waals surface area contributed by atoms with Crippen molar-refractivity contribution in [2.45, 2.75) is 13.3 Å². The van der Waals surface area contributed by atoms with Crippen molar-refractivity contribution >= 4 is 45.0 Å². The zero-order valence-corrected chi connectivity index (χ0v) is 22.2. The van der Waals surface area contributed by atoms with Gasteiger partial charge < -0.3 is 18.9 Å². The topological polar surface area (TPSA) is 73.4 Å². The summed E-state index contributed by atoms with van der Waals surface area (Å²) in [5.74, 6) is 1.19. The number of rotatable bonds is 9. The number of aryl methyl sites for hydroxylation is 1. The van der Waals surface area contributed by atoms with E-state index in [9.17, 15) is 4.79 Å². The van der Waals surface area contributed by atoms with Crippen molar-refractivity contribution < 1.29 is 23.7 Å². The Balaban J connectivity index is 0.00000342. The molecular formula is C25H32ClN3O5S. The van der Waals surface area contributed by atoms with Gasteiger partial charge in [0.2, 0.25) is 5.75 Å². The van der Waals surface area contributed by atoms with E-state index in [4.69, 9.17) is 23.9 Å². The minimum Gasteiger partial charge on any atom is -0.493 e. The lowest BCUT2D eigenvalue weighted by atomic mass is 10.1. The molecule has 2 aromatic carbocycles. The second-order valence-electron chi connectivity index (χ2n) is 8.10. The highest BCUT2D eigenvalue weighted by Gasteiger charge is 2.25. The third-order valence-electron chi connectivity index (χ3n) is 5.96. The molecule has 0 bridgehead atoms. The molecule has 10 heteroatoms. The van der Waals surface area contributed by atoms with Crippen LogP contribution in [0.25, 0.3) is 10.2 Å². The fraction of sp³-hybridized carbons (Fsp3) is 0.440. The van der Waals surface area contributed by atoms with E-state index in [0.717, 1.165) is 55.0 Å². The van der Waals surface area contributed by atoms with Gasteiger partial charge in [-0.15, -0.1) is 12.4 Å². The van der Waals surface area contributed by atoms with Gasteiger partial charge in [0.15, 0.2) is 16.6 Å². The number of benzene rings is 2. The van der Waals surface area contributed by atoms with Gasteiger partial charge in [0, 0.05) is 31.7 Å². The standard InChI is InChI=1S/C25H31N3O5S.ClH/c1-17-7-5-8-21-22(17)26-25(34-21)28(10-6-9-27-11-13-33-14-12-27)24(29)18-15-19(30-2)23(32-4)20(16-18)31-3;/h5,7-8,15-16H,6,9-14H2,1-4H3;1H. The summed E-state index contributed by atoms with van der Waals surface area (Å²) < 4.78 is 22.9. The molecule has 1 saturated heterocycles. The first-order valence-electron chi connectivity index (χ1n) is 11.3. The molecule has 0 N–H and O–H groups in total. The molecule has 0 aliphatic carbocycles. The Morgan fingerprint density at radius 3 is 2.40 bits per heavy atom. The van der Waals surface area contributed by atoms with Crippen LogP contribution in [-0.4, -0.2) is 76.5 Å². The highest BCUT2D eigenvalue weighted by Crippen LogP contribution is 2.39. The van der Waals surface area contributed by atoms with Gasteiger partial charge >= 0.3 is 0 Å². The molecule has 1 aromatic heterocycles. The second-order valence-corrected chi connectivity index (χ2v) is 9.11. The van der Waals surface area contributed by atoms with Gasteiger partial charge in [-0.05, 0) is 37.1 Å². The third kappa shape index (κ3) is 5.98. The van der Waals surface area contributed by atoms with Crippen LogP contribution >= 0.6 is 23.7 Å². The zero-order valence-electron chi connectivity index (χ0n) is 20.5. The van der Waals surface area contributed by atoms with Crippen molar-refractivity contribution in [1.29, 1.82) is 0 Å². The first-order valence-corrected chi connectivity index (χ1v) is 12.2. The molecule has 0 atom stereocenters. The summed E-state index contributed by atoms with van der Waals surface area (Å²) in [5, 5.41) is 0.685. The minimum absolute atomic E-state index is 0. The Labute approximate surface area is 216 Å². The Hall–Kier alpha value is -2.59. The molecule has 3 aromatic rings. The quantitative estimate of drug-likeness (QED) is 0.412. The molecule has 1 fully saturated rings. The molecule has 1 amide bonds. The van der Waals surface area contributed by atoms with E-state index in [-0.39, 0.29) is 18.3 Å². The van der Waals surface area contributed by atoms with Crippen LogP contribution in [0, 0.1) is 6.92 Å². The number of morpholine rings is 1. The van der Waals surface area contributed by atoms with Crippen molar-refractivity contribution in [1.82, 2.24) is 9.88 Å². The molecule has 2 heterocycles. The first kappa shape index (κ1) is 27.0. The van der Waals surface area contributed by atoms with Gasteiger partial charge in [0.25, 0.3) is 5.91 Å². The van der Waals surface area contributed by atoms with Crippen LogP contribution in [-0.2, 0) is 4.74 Å². The van der Waals surface area contributed by atoms with Gasteiger partial charge in [-0.2, -0.15) is 0 Å². The number of para-hydroxylation sites is 1. The lowest BCUT2D eigenvalue weighted by Gasteiger charge is -2.28. The lowest BCUT2D eigenvalue weighted by Crippen LogP contribution is -2.39. The molecule has 0 saturated carbocycles. The SMILES string of the molecule is COc1cc(C(=O)N(CCCN2CCOCC2)c2nc3c(C)cccc3s2)cc(OC)c1OC.Cl. The third-order valence-corrected chi connectivity index (χ3v) is 7.00. The average Bonchev–Trinajstić information content (AvgIpc) is 3.31. The summed E-state index contributed by atoms with van der Waals surface area (Å²) in [7, 11) is 4.63. The number of aromatic nitrogens is 1. The normalized spacial score (nSPS) is 13.8. The summed E-state index contributed by atoms with van der Waals surface area (Å²) in [4.78, 5) is 22.8. The van der Waals surface area contributed by atoms with Gasteiger partial charge in [-0.1, -0.05) is 23.5 Å². The van der Waals surface area contributed by atoms with Crippen LogP contribution in [0.1, 0.15) is 22.3 Å². The predicted octanol–water partition coefficient (Wildman–Crippen LogP) is 4.42. The number of hydrogen-bond donors (Lipinski definition) is 0. The maximum absolute atomic E-state index is 13.8. The van der Waals surface area contributed by atoms with Crippen LogP contribution in [0.15, 0.2) is 30.3 Å². The fourth-order valence-electron chi connectivity index (χ4n) is 4.11. The lowest BCUT2D eigenvalue weighted by molar-refractivity contribution is 0.0376. The fourth-order valence-corrected chi connectivity index (χ4v) is 5.18. The number of anilines is 1. The molecule has 8 nitrogen and oxygen atoms in total. The van der Waals surface area contributed by atoms with E-state index in [1.165, 1.54) is 11.3 Å². The summed E-state index contributed by atoms with van der Waals surface area (Å²) in [5.41, 5.74) is 2.48. The Morgan fingerprint density at radius 1 is 1.11 bits per heavy atom. The average molecular weight is 522 g/mol. The van der Waals surface area contributed by atoms with Crippen molar-refractivity contribution in [2.75, 3.05) is 65.6 Å². The van der Waals surface area contributed by atoms with Gasteiger partial charge in [-0.3, -0.25) is 14.6 Å². The summed E-state index contributed by atoms with van der Waals surface area (Å²) >= 11 is 1.53. The molecule has 0 spiro atoms. The van der Waals surface area contributed by atoms with Gasteiger partial charge in [0.1, 0.15) is 0 Å². The highest BCUT2D eigenvalue weighted by atomic mass is 35.5. The number of hydrogen-bond acceptors (Lipinski definition) is 8. The van der Waals surface area contributed by atoms with Crippen LogP contribution in [0.3, 0.4) is 0 Å². The molecule has 0 unspecified atom stereocenters. The van der Waals surface area contributed by atoms with Crippen LogP contribution in [0.5, 0.6) is 17.2 Å². The maximum atomic E-state index is 13.8. The van der Waals surface area contributed by atoms with Crippen molar-refractivity contribution in [2.24, 2.45) is 0 Å². The molecular weight excluding hydrogens is 490 g/mol. The number of halogens is 1. The number of fused-ring (bicyclic) bond motifs is 1. The van der Waals surface area contributed by atoms with Crippen molar-refractivity contribution in [3.8, 4) is 17.2 Å². The number of thiazole rings is 1. The Bertz CT molecular complexity index is 1120.